The second-order valence-electron chi connectivity index (χ2n) is 10.8. The van der Waals surface area contributed by atoms with Crippen molar-refractivity contribution in [1.29, 1.82) is 0 Å². The van der Waals surface area contributed by atoms with Crippen molar-refractivity contribution in [3.63, 3.8) is 0 Å². The number of nitrogens with zero attached hydrogens (tertiary/aromatic N) is 2. The topological polar surface area (TPSA) is 6.48 Å². The maximum atomic E-state index is 2.66. The molecule has 0 aliphatic carbocycles. The van der Waals surface area contributed by atoms with Crippen molar-refractivity contribution in [2.45, 2.75) is 175 Å². The second kappa shape index (κ2) is 23.1. The average Bonchev–Trinajstić information content (AvgIpc) is 3.21. The van der Waals surface area contributed by atoms with Crippen molar-refractivity contribution in [2.24, 2.45) is 0 Å². The minimum Gasteiger partial charge on any atom is -0.356 e. The van der Waals surface area contributed by atoms with Gasteiger partial charge < -0.3 is 9.80 Å². The third-order valence-corrected chi connectivity index (χ3v) is 7.57. The molecule has 0 aromatic carbocycles. The molecule has 1 rings (SSSR count). The van der Waals surface area contributed by atoms with Crippen LogP contribution in [0.1, 0.15) is 168 Å². The van der Waals surface area contributed by atoms with Crippen LogP contribution in [0.5, 0.6) is 0 Å². The SMILES string of the molecule is CCCCCCCCCCCCCCCCCC1N(CCCC)C=CN1CCCCCCC. The van der Waals surface area contributed by atoms with Crippen molar-refractivity contribution in [3.05, 3.63) is 12.4 Å². The first-order valence-electron chi connectivity index (χ1n) is 15.5. The first-order chi connectivity index (χ1) is 16.3. The molecular formula is C31H62N2. The molecule has 0 amide bonds. The predicted molar refractivity (Wildman–Crippen MR) is 150 cm³/mol. The molecule has 1 aliphatic heterocycles. The van der Waals surface area contributed by atoms with E-state index in [1.165, 1.54) is 161 Å². The Hall–Kier alpha value is -0.660. The van der Waals surface area contributed by atoms with Gasteiger partial charge in [-0.2, -0.15) is 0 Å². The van der Waals surface area contributed by atoms with Crippen LogP contribution in [0.3, 0.4) is 0 Å². The van der Waals surface area contributed by atoms with Crippen molar-refractivity contribution in [2.75, 3.05) is 13.1 Å². The summed E-state index contributed by atoms with van der Waals surface area (Å²) < 4.78 is 0. The summed E-state index contributed by atoms with van der Waals surface area (Å²) in [6.07, 6.45) is 38.1. The number of hydrogen-bond acceptors (Lipinski definition) is 2. The van der Waals surface area contributed by atoms with E-state index < -0.39 is 0 Å². The fourth-order valence-corrected chi connectivity index (χ4v) is 5.28. The minimum atomic E-state index is 0.643. The Kier molecular flexibility index (Phi) is 21.3. The summed E-state index contributed by atoms with van der Waals surface area (Å²) in [5.74, 6) is 0. The molecule has 0 aromatic rings. The van der Waals surface area contributed by atoms with E-state index in [1.807, 2.05) is 0 Å². The molecule has 2 heteroatoms. The van der Waals surface area contributed by atoms with Gasteiger partial charge in [0.2, 0.25) is 0 Å². The highest BCUT2D eigenvalue weighted by Gasteiger charge is 2.24. The largest absolute Gasteiger partial charge is 0.356 e. The van der Waals surface area contributed by atoms with E-state index in [1.54, 1.807) is 0 Å². The first kappa shape index (κ1) is 30.4. The zero-order valence-electron chi connectivity index (χ0n) is 23.3. The van der Waals surface area contributed by atoms with Gasteiger partial charge in [0.05, 0.1) is 0 Å². The molecule has 0 aromatic heterocycles. The average molecular weight is 463 g/mol. The fourth-order valence-electron chi connectivity index (χ4n) is 5.28. The molecule has 1 aliphatic rings. The van der Waals surface area contributed by atoms with Gasteiger partial charge in [-0.05, 0) is 25.7 Å². The monoisotopic (exact) mass is 462 g/mol. The van der Waals surface area contributed by atoms with Gasteiger partial charge in [-0.25, -0.2) is 0 Å². The molecule has 0 fully saturated rings. The molecule has 33 heavy (non-hydrogen) atoms. The number of unbranched alkanes of at least 4 members (excludes halogenated alkanes) is 19. The number of rotatable bonds is 25. The van der Waals surface area contributed by atoms with Gasteiger partial charge in [0, 0.05) is 25.5 Å². The second-order valence-corrected chi connectivity index (χ2v) is 10.8. The molecule has 0 N–H and O–H groups in total. The predicted octanol–water partition coefficient (Wildman–Crippen LogP) is 10.4. The Morgan fingerprint density at radius 3 is 1.15 bits per heavy atom. The van der Waals surface area contributed by atoms with Crippen LogP contribution < -0.4 is 0 Å². The Morgan fingerprint density at radius 2 is 0.727 bits per heavy atom. The van der Waals surface area contributed by atoms with Crippen LogP contribution in [0.15, 0.2) is 12.4 Å². The summed E-state index contributed by atoms with van der Waals surface area (Å²) in [6, 6.07) is 0. The Balaban J connectivity index is 2.04. The van der Waals surface area contributed by atoms with E-state index in [9.17, 15) is 0 Å². The number of hydrogen-bond donors (Lipinski definition) is 0. The molecular weight excluding hydrogens is 400 g/mol. The third-order valence-electron chi connectivity index (χ3n) is 7.57. The maximum Gasteiger partial charge on any atom is 0.101 e. The van der Waals surface area contributed by atoms with Gasteiger partial charge in [0.25, 0.3) is 0 Å². The molecule has 2 nitrogen and oxygen atoms in total. The molecule has 1 atom stereocenters. The zero-order valence-corrected chi connectivity index (χ0v) is 23.3. The van der Waals surface area contributed by atoms with E-state index in [0.29, 0.717) is 6.17 Å². The van der Waals surface area contributed by atoms with Crippen LogP contribution in [0, 0.1) is 0 Å². The summed E-state index contributed by atoms with van der Waals surface area (Å²) >= 11 is 0. The lowest BCUT2D eigenvalue weighted by molar-refractivity contribution is 0.136. The van der Waals surface area contributed by atoms with Gasteiger partial charge in [-0.15, -0.1) is 0 Å². The molecule has 1 heterocycles. The molecule has 0 saturated carbocycles. The quantitative estimate of drug-likeness (QED) is 0.124. The van der Waals surface area contributed by atoms with Gasteiger partial charge in [0.1, 0.15) is 6.17 Å². The van der Waals surface area contributed by atoms with Crippen molar-refractivity contribution < 1.29 is 0 Å². The molecule has 0 bridgehead atoms. The van der Waals surface area contributed by atoms with Gasteiger partial charge in [-0.1, -0.05) is 143 Å². The van der Waals surface area contributed by atoms with Crippen LogP contribution in [0.2, 0.25) is 0 Å². The summed E-state index contributed by atoms with van der Waals surface area (Å²) in [4.78, 5) is 5.30. The van der Waals surface area contributed by atoms with E-state index in [2.05, 4.69) is 43.0 Å². The lowest BCUT2D eigenvalue weighted by atomic mass is 10.0. The normalized spacial score (nSPS) is 15.8. The van der Waals surface area contributed by atoms with E-state index >= 15 is 0 Å². The highest BCUT2D eigenvalue weighted by molar-refractivity contribution is 4.96. The molecule has 0 spiro atoms. The van der Waals surface area contributed by atoms with Gasteiger partial charge in [0.15, 0.2) is 0 Å². The highest BCUT2D eigenvalue weighted by Crippen LogP contribution is 2.23. The van der Waals surface area contributed by atoms with Crippen LogP contribution >= 0.6 is 0 Å². The van der Waals surface area contributed by atoms with Gasteiger partial charge in [-0.3, -0.25) is 0 Å². The van der Waals surface area contributed by atoms with Crippen molar-refractivity contribution in [3.8, 4) is 0 Å². The Morgan fingerprint density at radius 1 is 0.394 bits per heavy atom. The lowest BCUT2D eigenvalue weighted by Crippen LogP contribution is -2.39. The molecule has 196 valence electrons. The van der Waals surface area contributed by atoms with E-state index in [4.69, 9.17) is 0 Å². The summed E-state index contributed by atoms with van der Waals surface area (Å²) in [6.45, 7) is 9.42. The van der Waals surface area contributed by atoms with Crippen LogP contribution in [0.4, 0.5) is 0 Å². The fraction of sp³-hybridized carbons (Fsp3) is 0.935. The Bertz CT molecular complexity index is 419. The summed E-state index contributed by atoms with van der Waals surface area (Å²) in [5.41, 5.74) is 0. The molecule has 1 unspecified atom stereocenters. The highest BCUT2D eigenvalue weighted by atomic mass is 15.4. The van der Waals surface area contributed by atoms with Crippen molar-refractivity contribution in [1.82, 2.24) is 9.80 Å². The smallest absolute Gasteiger partial charge is 0.101 e. The minimum absolute atomic E-state index is 0.643. The summed E-state index contributed by atoms with van der Waals surface area (Å²) in [7, 11) is 0. The van der Waals surface area contributed by atoms with Crippen molar-refractivity contribution >= 4 is 0 Å². The van der Waals surface area contributed by atoms with Crippen LogP contribution in [-0.2, 0) is 0 Å². The lowest BCUT2D eigenvalue weighted by Gasteiger charge is -2.33. The molecule has 0 radical (unpaired) electrons. The maximum absolute atomic E-state index is 2.66. The zero-order chi connectivity index (χ0) is 23.8. The van der Waals surface area contributed by atoms with Crippen LogP contribution in [0.25, 0.3) is 0 Å². The standard InChI is InChI=1S/C31H62N2/c1-4-7-10-12-13-14-15-16-17-18-19-20-21-22-24-26-31-32(27-9-6-3)29-30-33(31)28-25-23-11-8-5-2/h29-31H,4-28H2,1-3H3. The third kappa shape index (κ3) is 16.6. The van der Waals surface area contributed by atoms with E-state index in [0.717, 1.165) is 0 Å². The van der Waals surface area contributed by atoms with Crippen LogP contribution in [-0.4, -0.2) is 29.1 Å². The van der Waals surface area contributed by atoms with Gasteiger partial charge >= 0.3 is 0 Å². The molecule has 0 saturated heterocycles. The van der Waals surface area contributed by atoms with E-state index in [-0.39, 0.29) is 0 Å². The Labute approximate surface area is 210 Å². The summed E-state index contributed by atoms with van der Waals surface area (Å²) in [5, 5.41) is 0. The first-order valence-corrected chi connectivity index (χ1v) is 15.5.